The van der Waals surface area contributed by atoms with E-state index in [4.69, 9.17) is 0 Å². The number of nitrogens with zero attached hydrogens (tertiary/aromatic N) is 2. The van der Waals surface area contributed by atoms with Gasteiger partial charge in [-0.25, -0.2) is 17.5 Å². The van der Waals surface area contributed by atoms with Crippen LogP contribution in [0.3, 0.4) is 0 Å². The lowest BCUT2D eigenvalue weighted by Crippen LogP contribution is -2.47. The van der Waals surface area contributed by atoms with Gasteiger partial charge in [0.15, 0.2) is 0 Å². The SMILES string of the molecule is C/C1=C/CCN(Cc2ccccc2)C(=O)N(S(=O)(=O)c2ccc(C)cc2)C1. The number of carbonyl (C=O) groups excluding carboxylic acids is 1. The number of rotatable bonds is 4. The zero-order valence-corrected chi connectivity index (χ0v) is 16.4. The first-order valence-electron chi connectivity index (χ1n) is 8.96. The largest absolute Gasteiger partial charge is 0.334 e. The van der Waals surface area contributed by atoms with E-state index in [-0.39, 0.29) is 11.4 Å². The summed E-state index contributed by atoms with van der Waals surface area (Å²) in [4.78, 5) is 14.9. The molecule has 1 heterocycles. The molecule has 0 saturated carbocycles. The Morgan fingerprint density at radius 1 is 0.963 bits per heavy atom. The molecule has 0 unspecified atom stereocenters. The Labute approximate surface area is 161 Å². The first kappa shape index (κ1) is 19.2. The number of amides is 2. The molecule has 1 aliphatic heterocycles. The molecule has 0 fully saturated rings. The van der Waals surface area contributed by atoms with Crippen LogP contribution in [0.15, 0.2) is 71.1 Å². The first-order valence-corrected chi connectivity index (χ1v) is 10.4. The number of urea groups is 1. The summed E-state index contributed by atoms with van der Waals surface area (Å²) in [6.07, 6.45) is 2.71. The van der Waals surface area contributed by atoms with E-state index in [0.717, 1.165) is 21.0 Å². The minimum atomic E-state index is -3.92. The number of carbonyl (C=O) groups is 1. The van der Waals surface area contributed by atoms with Crippen molar-refractivity contribution in [1.29, 1.82) is 0 Å². The van der Waals surface area contributed by atoms with Gasteiger partial charge in [0.25, 0.3) is 10.0 Å². The maximum Gasteiger partial charge on any atom is 0.334 e. The summed E-state index contributed by atoms with van der Waals surface area (Å²) in [5, 5.41) is 0. The Balaban J connectivity index is 1.95. The molecule has 3 rings (SSSR count). The molecular weight excluding hydrogens is 360 g/mol. The van der Waals surface area contributed by atoms with Gasteiger partial charge in [0.05, 0.1) is 11.4 Å². The quantitative estimate of drug-likeness (QED) is 0.750. The Hall–Kier alpha value is -2.60. The molecule has 142 valence electrons. The fourth-order valence-corrected chi connectivity index (χ4v) is 4.48. The van der Waals surface area contributed by atoms with E-state index in [0.29, 0.717) is 19.5 Å². The zero-order valence-electron chi connectivity index (χ0n) is 15.6. The van der Waals surface area contributed by atoms with Crippen LogP contribution in [0.2, 0.25) is 0 Å². The maximum atomic E-state index is 13.2. The molecule has 5 nitrogen and oxygen atoms in total. The molecular formula is C21H24N2O3S. The molecule has 2 aromatic rings. The van der Waals surface area contributed by atoms with Gasteiger partial charge in [-0.3, -0.25) is 0 Å². The second-order valence-corrected chi connectivity index (χ2v) is 8.72. The number of aryl methyl sites for hydroxylation is 1. The summed E-state index contributed by atoms with van der Waals surface area (Å²) in [5.41, 5.74) is 2.81. The smallest absolute Gasteiger partial charge is 0.319 e. The van der Waals surface area contributed by atoms with Crippen molar-refractivity contribution in [1.82, 2.24) is 9.21 Å². The fourth-order valence-electron chi connectivity index (χ4n) is 3.05. The maximum absolute atomic E-state index is 13.2. The normalized spacial score (nSPS) is 17.9. The molecule has 0 saturated heterocycles. The molecule has 0 radical (unpaired) electrons. The van der Waals surface area contributed by atoms with E-state index in [1.807, 2.05) is 50.3 Å². The molecule has 27 heavy (non-hydrogen) atoms. The summed E-state index contributed by atoms with van der Waals surface area (Å²) >= 11 is 0. The molecule has 0 bridgehead atoms. The zero-order chi connectivity index (χ0) is 19.4. The lowest BCUT2D eigenvalue weighted by molar-refractivity contribution is 0.176. The lowest BCUT2D eigenvalue weighted by atomic mass is 10.2. The van der Waals surface area contributed by atoms with Crippen LogP contribution >= 0.6 is 0 Å². The van der Waals surface area contributed by atoms with E-state index in [1.54, 1.807) is 29.2 Å². The van der Waals surface area contributed by atoms with Crippen molar-refractivity contribution in [3.8, 4) is 0 Å². The first-order chi connectivity index (χ1) is 12.9. The van der Waals surface area contributed by atoms with Crippen molar-refractivity contribution in [2.45, 2.75) is 31.7 Å². The lowest BCUT2D eigenvalue weighted by Gasteiger charge is -2.32. The van der Waals surface area contributed by atoms with Crippen LogP contribution in [0.1, 0.15) is 24.5 Å². The van der Waals surface area contributed by atoms with E-state index in [2.05, 4.69) is 0 Å². The fraction of sp³-hybridized carbons (Fsp3) is 0.286. The third-order valence-corrected chi connectivity index (χ3v) is 6.33. The Morgan fingerprint density at radius 2 is 1.63 bits per heavy atom. The molecule has 0 spiro atoms. The second kappa shape index (κ2) is 7.96. The van der Waals surface area contributed by atoms with Crippen LogP contribution in [0.25, 0.3) is 0 Å². The van der Waals surface area contributed by atoms with Gasteiger partial charge >= 0.3 is 6.03 Å². The van der Waals surface area contributed by atoms with Crippen LogP contribution in [0, 0.1) is 6.92 Å². The van der Waals surface area contributed by atoms with Crippen LogP contribution in [0.5, 0.6) is 0 Å². The van der Waals surface area contributed by atoms with Crippen molar-refractivity contribution in [3.05, 3.63) is 77.4 Å². The van der Waals surface area contributed by atoms with Crippen LogP contribution in [-0.4, -0.2) is 36.7 Å². The van der Waals surface area contributed by atoms with Gasteiger partial charge in [0.2, 0.25) is 0 Å². The monoisotopic (exact) mass is 384 g/mol. The van der Waals surface area contributed by atoms with Crippen molar-refractivity contribution in [2.24, 2.45) is 0 Å². The van der Waals surface area contributed by atoms with E-state index < -0.39 is 16.1 Å². The van der Waals surface area contributed by atoms with E-state index in [1.165, 1.54) is 0 Å². The standard InChI is InChI=1S/C21H24N2O3S/c1-17-10-12-20(13-11-17)27(25,26)23-15-18(2)7-6-14-22(21(23)24)16-19-8-4-3-5-9-19/h3-5,7-13H,6,14-16H2,1-2H3/b18-7-. The van der Waals surface area contributed by atoms with Gasteiger partial charge in [-0.2, -0.15) is 0 Å². The van der Waals surface area contributed by atoms with Crippen molar-refractivity contribution in [3.63, 3.8) is 0 Å². The molecule has 2 aromatic carbocycles. The summed E-state index contributed by atoms with van der Waals surface area (Å²) in [7, 11) is -3.92. The third-order valence-electron chi connectivity index (χ3n) is 4.59. The highest BCUT2D eigenvalue weighted by molar-refractivity contribution is 7.89. The number of sulfonamides is 1. The van der Waals surface area contributed by atoms with Gasteiger partial charge in [-0.05, 0) is 38.0 Å². The minimum Gasteiger partial charge on any atom is -0.319 e. The average molecular weight is 385 g/mol. The predicted octanol–water partition coefficient (Wildman–Crippen LogP) is 3.96. The van der Waals surface area contributed by atoms with Crippen molar-refractivity contribution < 1.29 is 13.2 Å². The van der Waals surface area contributed by atoms with Gasteiger partial charge < -0.3 is 4.90 Å². The molecule has 2 amide bonds. The Bertz CT molecular complexity index is 935. The Morgan fingerprint density at radius 3 is 2.30 bits per heavy atom. The highest BCUT2D eigenvalue weighted by Gasteiger charge is 2.33. The average Bonchev–Trinajstić information content (AvgIpc) is 2.65. The van der Waals surface area contributed by atoms with Gasteiger partial charge in [0, 0.05) is 13.1 Å². The molecule has 0 aromatic heterocycles. The highest BCUT2D eigenvalue weighted by atomic mass is 32.2. The molecule has 0 aliphatic carbocycles. The van der Waals surface area contributed by atoms with Gasteiger partial charge in [0.1, 0.15) is 0 Å². The number of benzene rings is 2. The number of hydrogen-bond acceptors (Lipinski definition) is 3. The van der Waals surface area contributed by atoms with Crippen LogP contribution in [-0.2, 0) is 16.6 Å². The van der Waals surface area contributed by atoms with E-state index in [9.17, 15) is 13.2 Å². The van der Waals surface area contributed by atoms with Crippen molar-refractivity contribution in [2.75, 3.05) is 13.1 Å². The summed E-state index contributed by atoms with van der Waals surface area (Å²) in [5.74, 6) is 0. The highest BCUT2D eigenvalue weighted by Crippen LogP contribution is 2.22. The molecule has 1 aliphatic rings. The van der Waals surface area contributed by atoms with Gasteiger partial charge in [-0.1, -0.05) is 59.7 Å². The molecule has 0 atom stereocenters. The second-order valence-electron chi connectivity index (χ2n) is 6.85. The van der Waals surface area contributed by atoms with Crippen LogP contribution in [0.4, 0.5) is 4.79 Å². The minimum absolute atomic E-state index is 0.0698. The van der Waals surface area contributed by atoms with Gasteiger partial charge in [-0.15, -0.1) is 0 Å². The van der Waals surface area contributed by atoms with Crippen molar-refractivity contribution >= 4 is 16.1 Å². The van der Waals surface area contributed by atoms with E-state index >= 15 is 0 Å². The summed E-state index contributed by atoms with van der Waals surface area (Å²) < 4.78 is 27.3. The van der Waals surface area contributed by atoms with Crippen LogP contribution < -0.4 is 0 Å². The topological polar surface area (TPSA) is 57.7 Å². The summed E-state index contributed by atoms with van der Waals surface area (Å²) in [6, 6.07) is 15.7. The summed E-state index contributed by atoms with van der Waals surface area (Å²) in [6.45, 7) is 4.68. The molecule has 6 heteroatoms. The predicted molar refractivity (Wildman–Crippen MR) is 106 cm³/mol. The Kier molecular flexibility index (Phi) is 5.65. The third kappa shape index (κ3) is 4.39. The molecule has 0 N–H and O–H groups in total. The number of hydrogen-bond donors (Lipinski definition) is 0.